The Bertz CT molecular complexity index is 1950. The van der Waals surface area contributed by atoms with Crippen molar-refractivity contribution in [3.05, 3.63) is 172 Å². The number of allylic oxidation sites excluding steroid dienone is 6. The first-order valence-electron chi connectivity index (χ1n) is 15.4. The molecule has 5 aliphatic rings. The van der Waals surface area contributed by atoms with Gasteiger partial charge in [0, 0.05) is 11.1 Å². The number of nitrogens with one attached hydrogen (secondary N) is 1. The molecule has 0 aromatic heterocycles. The van der Waals surface area contributed by atoms with E-state index in [4.69, 9.17) is 9.98 Å². The first-order chi connectivity index (χ1) is 21.3. The number of aliphatic imine (C=N–C) groups is 2. The van der Waals surface area contributed by atoms with E-state index >= 15 is 0 Å². The Balaban J connectivity index is 1.25. The zero-order valence-corrected chi connectivity index (χ0v) is 23.9. The molecule has 0 fully saturated rings. The lowest BCUT2D eigenvalue weighted by molar-refractivity contribution is 0.754. The number of amidine groups is 2. The fraction of sp³-hybridized carbons (Fsp3) is 0.150. The summed E-state index contributed by atoms with van der Waals surface area (Å²) in [6, 6.07) is 35.5. The van der Waals surface area contributed by atoms with Crippen LogP contribution in [0.3, 0.4) is 0 Å². The van der Waals surface area contributed by atoms with Crippen LogP contribution < -0.4 is 5.32 Å². The van der Waals surface area contributed by atoms with Crippen molar-refractivity contribution in [3.8, 4) is 11.1 Å². The molecule has 1 atom stereocenters. The topological polar surface area (TPSA) is 36.8 Å². The molecular formula is C40H31N3. The molecule has 4 aromatic rings. The third kappa shape index (κ3) is 3.54. The fourth-order valence-corrected chi connectivity index (χ4v) is 7.83. The monoisotopic (exact) mass is 553 g/mol. The number of nitrogens with zero attached hydrogens (tertiary/aromatic N) is 2. The van der Waals surface area contributed by atoms with Gasteiger partial charge in [-0.05, 0) is 81.8 Å². The standard InChI is InChI=1S/C40H31N3/c1-3-13-26(14-4-1)37-41-38(27-15-5-2-6-16-27)43-39(42-37)28-23-24-32-31-19-9-12-22-35(31)40(36(32)25-28)33-20-10-7-17-29(33)30-18-8-11-21-34(30)40/h1,3-5,7-8,10-18,20-25,37H,2,6,9,19H2,(H,41,42,43). The van der Waals surface area contributed by atoms with Gasteiger partial charge in [0.1, 0.15) is 11.7 Å². The second-order valence-corrected chi connectivity index (χ2v) is 11.9. The highest BCUT2D eigenvalue weighted by atomic mass is 15.2. The first-order valence-corrected chi connectivity index (χ1v) is 15.4. The van der Waals surface area contributed by atoms with Gasteiger partial charge in [-0.2, -0.15) is 0 Å². The van der Waals surface area contributed by atoms with Gasteiger partial charge in [0.05, 0.1) is 5.41 Å². The van der Waals surface area contributed by atoms with E-state index in [1.807, 2.05) is 6.07 Å². The van der Waals surface area contributed by atoms with Crippen molar-refractivity contribution < 1.29 is 0 Å². The molecule has 4 aromatic carbocycles. The Labute approximate surface area is 252 Å². The quantitative estimate of drug-likeness (QED) is 0.270. The molecule has 1 heterocycles. The molecule has 9 rings (SSSR count). The third-order valence-corrected chi connectivity index (χ3v) is 9.65. The lowest BCUT2D eigenvalue weighted by Gasteiger charge is -2.32. The van der Waals surface area contributed by atoms with Crippen LogP contribution in [-0.4, -0.2) is 11.7 Å². The lowest BCUT2D eigenvalue weighted by Crippen LogP contribution is -2.36. The fourth-order valence-electron chi connectivity index (χ4n) is 7.83. The summed E-state index contributed by atoms with van der Waals surface area (Å²) < 4.78 is 0. The molecular weight excluding hydrogens is 522 g/mol. The molecule has 206 valence electrons. The van der Waals surface area contributed by atoms with Crippen molar-refractivity contribution in [2.45, 2.75) is 37.3 Å². The Morgan fingerprint density at radius 1 is 0.628 bits per heavy atom. The molecule has 1 unspecified atom stereocenters. The third-order valence-electron chi connectivity index (χ3n) is 9.65. The van der Waals surface area contributed by atoms with Gasteiger partial charge >= 0.3 is 0 Å². The van der Waals surface area contributed by atoms with Gasteiger partial charge < -0.3 is 5.32 Å². The van der Waals surface area contributed by atoms with Crippen molar-refractivity contribution in [1.82, 2.24) is 5.32 Å². The number of hydrogen-bond donors (Lipinski definition) is 1. The summed E-state index contributed by atoms with van der Waals surface area (Å²) in [5, 5.41) is 3.66. The maximum absolute atomic E-state index is 5.23. The Kier molecular flexibility index (Phi) is 5.43. The summed E-state index contributed by atoms with van der Waals surface area (Å²) in [6.07, 6.45) is 15.4. The summed E-state index contributed by atoms with van der Waals surface area (Å²) in [7, 11) is 0. The van der Waals surface area contributed by atoms with Gasteiger partial charge in [-0.3, -0.25) is 0 Å². The van der Waals surface area contributed by atoms with E-state index < -0.39 is 0 Å². The molecule has 0 bridgehead atoms. The molecule has 0 amide bonds. The van der Waals surface area contributed by atoms with Crippen molar-refractivity contribution in [1.29, 1.82) is 0 Å². The highest BCUT2D eigenvalue weighted by Gasteiger charge is 2.52. The Hall–Kier alpha value is -5.02. The molecule has 0 saturated carbocycles. The van der Waals surface area contributed by atoms with Crippen LogP contribution in [-0.2, 0) is 5.41 Å². The van der Waals surface area contributed by atoms with Crippen molar-refractivity contribution in [3.63, 3.8) is 0 Å². The van der Waals surface area contributed by atoms with Gasteiger partial charge in [-0.1, -0.05) is 121 Å². The van der Waals surface area contributed by atoms with Gasteiger partial charge in [0.25, 0.3) is 0 Å². The molecule has 0 saturated heterocycles. The average Bonchev–Trinajstić information content (AvgIpc) is 3.56. The van der Waals surface area contributed by atoms with Crippen LogP contribution in [0.2, 0.25) is 0 Å². The van der Waals surface area contributed by atoms with Gasteiger partial charge in [-0.25, -0.2) is 9.98 Å². The summed E-state index contributed by atoms with van der Waals surface area (Å²) in [4.78, 5) is 10.3. The average molecular weight is 554 g/mol. The van der Waals surface area contributed by atoms with Crippen LogP contribution in [0.5, 0.6) is 0 Å². The van der Waals surface area contributed by atoms with E-state index in [1.54, 1.807) is 0 Å². The zero-order valence-electron chi connectivity index (χ0n) is 23.9. The highest BCUT2D eigenvalue weighted by Crippen LogP contribution is 2.63. The van der Waals surface area contributed by atoms with Crippen molar-refractivity contribution >= 4 is 17.2 Å². The molecule has 1 spiro atoms. The van der Waals surface area contributed by atoms with E-state index in [-0.39, 0.29) is 11.6 Å². The summed E-state index contributed by atoms with van der Waals surface area (Å²) in [6.45, 7) is 0. The number of fused-ring (bicyclic) bond motifs is 9. The smallest absolute Gasteiger partial charge is 0.169 e. The summed E-state index contributed by atoms with van der Waals surface area (Å²) in [5.74, 6) is 1.76. The molecule has 1 N–H and O–H groups in total. The van der Waals surface area contributed by atoms with Crippen LogP contribution >= 0.6 is 0 Å². The van der Waals surface area contributed by atoms with E-state index in [0.717, 1.165) is 54.1 Å². The Morgan fingerprint density at radius 2 is 1.35 bits per heavy atom. The van der Waals surface area contributed by atoms with Crippen LogP contribution in [0.15, 0.2) is 149 Å². The van der Waals surface area contributed by atoms with E-state index in [0.29, 0.717) is 0 Å². The predicted octanol–water partition coefficient (Wildman–Crippen LogP) is 8.84. The van der Waals surface area contributed by atoms with Crippen molar-refractivity contribution in [2.24, 2.45) is 9.98 Å². The number of rotatable bonds is 3. The maximum atomic E-state index is 5.23. The molecule has 3 nitrogen and oxygen atoms in total. The minimum absolute atomic E-state index is 0.298. The van der Waals surface area contributed by atoms with E-state index in [9.17, 15) is 0 Å². The molecule has 1 aliphatic heterocycles. The highest BCUT2D eigenvalue weighted by molar-refractivity contribution is 6.17. The second-order valence-electron chi connectivity index (χ2n) is 11.9. The van der Waals surface area contributed by atoms with Gasteiger partial charge in [0.15, 0.2) is 6.17 Å². The summed E-state index contributed by atoms with van der Waals surface area (Å²) in [5.41, 5.74) is 14.1. The van der Waals surface area contributed by atoms with Gasteiger partial charge in [0.2, 0.25) is 0 Å². The predicted molar refractivity (Wildman–Crippen MR) is 176 cm³/mol. The van der Waals surface area contributed by atoms with Crippen LogP contribution in [0.25, 0.3) is 16.7 Å². The number of hydrogen-bond acceptors (Lipinski definition) is 3. The van der Waals surface area contributed by atoms with Crippen LogP contribution in [0.1, 0.15) is 65.2 Å². The molecule has 43 heavy (non-hydrogen) atoms. The molecule has 3 heteroatoms. The lowest BCUT2D eigenvalue weighted by atomic mass is 9.69. The normalized spacial score (nSPS) is 20.5. The Morgan fingerprint density at radius 3 is 2.12 bits per heavy atom. The minimum atomic E-state index is -0.329. The minimum Gasteiger partial charge on any atom is -0.324 e. The largest absolute Gasteiger partial charge is 0.324 e. The van der Waals surface area contributed by atoms with E-state index in [1.165, 1.54) is 44.5 Å². The number of benzene rings is 4. The van der Waals surface area contributed by atoms with E-state index in [2.05, 4.69) is 127 Å². The molecule has 4 aliphatic carbocycles. The van der Waals surface area contributed by atoms with Crippen LogP contribution in [0.4, 0.5) is 0 Å². The first kappa shape index (κ1) is 24.6. The summed E-state index contributed by atoms with van der Waals surface area (Å²) >= 11 is 0. The van der Waals surface area contributed by atoms with Crippen molar-refractivity contribution in [2.75, 3.05) is 0 Å². The zero-order chi connectivity index (χ0) is 28.4. The maximum Gasteiger partial charge on any atom is 0.169 e. The second kappa shape index (κ2) is 9.50. The van der Waals surface area contributed by atoms with Crippen LogP contribution in [0, 0.1) is 0 Å². The SMILES string of the molecule is C1=CC(C2=NC(c3ccccc3)N=C(c3ccc4c(c3)C3(C5=C4CCC=C5)c4ccccc4-c4ccccc43)N2)=CCC1. The van der Waals surface area contributed by atoms with Gasteiger partial charge in [-0.15, -0.1) is 0 Å². The molecule has 0 radical (unpaired) electrons.